The van der Waals surface area contributed by atoms with Crippen molar-refractivity contribution >= 4 is 11.9 Å². The van der Waals surface area contributed by atoms with Gasteiger partial charge in [-0.2, -0.15) is 0 Å². The Labute approximate surface area is 107 Å². The Kier molecular flexibility index (Phi) is 4.44. The Bertz CT molecular complexity index is 433. The number of alkyl carbamates (subject to hydrolysis) is 1. The van der Waals surface area contributed by atoms with Gasteiger partial charge in [0.2, 0.25) is 0 Å². The van der Waals surface area contributed by atoms with Crippen LogP contribution in [-0.2, 0) is 11.3 Å². The number of ether oxygens (including phenoxy) is 1. The number of amides is 1. The van der Waals surface area contributed by atoms with Crippen molar-refractivity contribution in [1.29, 1.82) is 5.41 Å². The monoisotopic (exact) mass is 249 g/mol. The Morgan fingerprint density at radius 2 is 1.89 bits per heavy atom. The van der Waals surface area contributed by atoms with Gasteiger partial charge in [0.25, 0.3) is 0 Å². The number of amidine groups is 1. The number of nitrogens with two attached hydrogens (primary N) is 1. The molecule has 1 aromatic rings. The lowest BCUT2D eigenvalue weighted by Gasteiger charge is -2.19. The quantitative estimate of drug-likeness (QED) is 0.553. The summed E-state index contributed by atoms with van der Waals surface area (Å²) in [6.07, 6.45) is -0.629. The molecule has 0 saturated carbocycles. The molecule has 0 heterocycles. The van der Waals surface area contributed by atoms with Crippen LogP contribution in [-0.4, -0.2) is 17.5 Å². The second-order valence-corrected chi connectivity index (χ2v) is 4.90. The van der Waals surface area contributed by atoms with Crippen molar-refractivity contribution in [2.75, 3.05) is 0 Å². The van der Waals surface area contributed by atoms with E-state index >= 15 is 0 Å². The minimum Gasteiger partial charge on any atom is -0.444 e. The first-order chi connectivity index (χ1) is 8.31. The van der Waals surface area contributed by atoms with Crippen molar-refractivity contribution in [3.63, 3.8) is 0 Å². The SMILES string of the molecule is CC(C)(C)OC(=O)NC(=N)c1ccc(CN)cc1. The zero-order valence-corrected chi connectivity index (χ0v) is 10.9. The fourth-order valence-corrected chi connectivity index (χ4v) is 1.29. The molecule has 0 atom stereocenters. The molecular weight excluding hydrogens is 230 g/mol. The Hall–Kier alpha value is -1.88. The van der Waals surface area contributed by atoms with E-state index in [1.165, 1.54) is 0 Å². The third kappa shape index (κ3) is 4.55. The standard InChI is InChI=1S/C13H19N3O2/c1-13(2,3)18-12(17)16-11(15)10-6-4-9(8-14)5-7-10/h4-7H,8,14H2,1-3H3,(H2,15,16,17). The highest BCUT2D eigenvalue weighted by Gasteiger charge is 2.17. The Balaban J connectivity index is 2.62. The van der Waals surface area contributed by atoms with E-state index in [0.717, 1.165) is 5.56 Å². The summed E-state index contributed by atoms with van der Waals surface area (Å²) in [5.74, 6) is 0.00724. The van der Waals surface area contributed by atoms with Gasteiger partial charge in [-0.3, -0.25) is 10.7 Å². The highest BCUT2D eigenvalue weighted by Crippen LogP contribution is 2.07. The summed E-state index contributed by atoms with van der Waals surface area (Å²) in [4.78, 5) is 11.5. The smallest absolute Gasteiger partial charge is 0.413 e. The van der Waals surface area contributed by atoms with Crippen LogP contribution in [0, 0.1) is 5.41 Å². The number of hydrogen-bond acceptors (Lipinski definition) is 4. The molecule has 0 bridgehead atoms. The van der Waals surface area contributed by atoms with Gasteiger partial charge in [0.15, 0.2) is 0 Å². The lowest BCUT2D eigenvalue weighted by atomic mass is 10.1. The van der Waals surface area contributed by atoms with Crippen LogP contribution in [0.15, 0.2) is 24.3 Å². The normalized spacial score (nSPS) is 10.9. The number of benzene rings is 1. The van der Waals surface area contributed by atoms with Gasteiger partial charge in [0.1, 0.15) is 11.4 Å². The number of hydrogen-bond donors (Lipinski definition) is 3. The molecule has 5 heteroatoms. The maximum absolute atomic E-state index is 11.5. The van der Waals surface area contributed by atoms with Crippen molar-refractivity contribution in [1.82, 2.24) is 5.32 Å². The van der Waals surface area contributed by atoms with Crippen LogP contribution in [0.1, 0.15) is 31.9 Å². The van der Waals surface area contributed by atoms with E-state index in [2.05, 4.69) is 5.32 Å². The number of nitrogens with one attached hydrogen (secondary N) is 2. The second kappa shape index (κ2) is 5.64. The van der Waals surface area contributed by atoms with Crippen LogP contribution in [0.3, 0.4) is 0 Å². The molecule has 0 spiro atoms. The first kappa shape index (κ1) is 14.2. The van der Waals surface area contributed by atoms with E-state index in [0.29, 0.717) is 12.1 Å². The number of carbonyl (C=O) groups is 1. The highest BCUT2D eigenvalue weighted by atomic mass is 16.6. The molecular formula is C13H19N3O2. The summed E-state index contributed by atoms with van der Waals surface area (Å²) in [6, 6.07) is 7.12. The van der Waals surface area contributed by atoms with Crippen LogP contribution < -0.4 is 11.1 Å². The molecule has 0 unspecified atom stereocenters. The minimum atomic E-state index is -0.629. The minimum absolute atomic E-state index is 0.00724. The zero-order chi connectivity index (χ0) is 13.8. The maximum Gasteiger partial charge on any atom is 0.413 e. The average molecular weight is 249 g/mol. The molecule has 1 amide bonds. The molecule has 1 rings (SSSR count). The van der Waals surface area contributed by atoms with E-state index in [-0.39, 0.29) is 5.84 Å². The molecule has 98 valence electrons. The molecule has 0 saturated heterocycles. The van der Waals surface area contributed by atoms with E-state index in [1.54, 1.807) is 32.9 Å². The Morgan fingerprint density at radius 3 is 2.33 bits per heavy atom. The lowest BCUT2D eigenvalue weighted by Crippen LogP contribution is -2.36. The summed E-state index contributed by atoms with van der Waals surface area (Å²) in [7, 11) is 0. The molecule has 5 nitrogen and oxygen atoms in total. The van der Waals surface area contributed by atoms with Gasteiger partial charge in [-0.1, -0.05) is 24.3 Å². The highest BCUT2D eigenvalue weighted by molar-refractivity contribution is 6.04. The van der Waals surface area contributed by atoms with Crippen LogP contribution in [0.5, 0.6) is 0 Å². The summed E-state index contributed by atoms with van der Waals surface area (Å²) >= 11 is 0. The van der Waals surface area contributed by atoms with Gasteiger partial charge in [-0.15, -0.1) is 0 Å². The van der Waals surface area contributed by atoms with Crippen molar-refractivity contribution in [2.24, 2.45) is 5.73 Å². The van der Waals surface area contributed by atoms with Crippen molar-refractivity contribution < 1.29 is 9.53 Å². The van der Waals surface area contributed by atoms with Gasteiger partial charge in [0, 0.05) is 12.1 Å². The maximum atomic E-state index is 11.5. The third-order valence-electron chi connectivity index (χ3n) is 2.10. The van der Waals surface area contributed by atoms with E-state index in [4.69, 9.17) is 15.9 Å². The van der Waals surface area contributed by atoms with Crippen molar-refractivity contribution in [3.05, 3.63) is 35.4 Å². The van der Waals surface area contributed by atoms with E-state index in [9.17, 15) is 4.79 Å². The first-order valence-corrected chi connectivity index (χ1v) is 5.70. The predicted molar refractivity (Wildman–Crippen MR) is 70.5 cm³/mol. The fourth-order valence-electron chi connectivity index (χ4n) is 1.29. The van der Waals surface area contributed by atoms with Gasteiger partial charge >= 0.3 is 6.09 Å². The summed E-state index contributed by atoms with van der Waals surface area (Å²) in [5.41, 5.74) is 6.49. The van der Waals surface area contributed by atoms with E-state index < -0.39 is 11.7 Å². The van der Waals surface area contributed by atoms with Gasteiger partial charge in [-0.05, 0) is 26.3 Å². The van der Waals surface area contributed by atoms with Crippen molar-refractivity contribution in [2.45, 2.75) is 32.9 Å². The topological polar surface area (TPSA) is 88.2 Å². The van der Waals surface area contributed by atoms with E-state index in [1.807, 2.05) is 12.1 Å². The van der Waals surface area contributed by atoms with Crippen LogP contribution in [0.25, 0.3) is 0 Å². The molecule has 0 aliphatic rings. The lowest BCUT2D eigenvalue weighted by molar-refractivity contribution is 0.0563. The number of rotatable bonds is 2. The molecule has 0 radical (unpaired) electrons. The third-order valence-corrected chi connectivity index (χ3v) is 2.10. The average Bonchev–Trinajstić information content (AvgIpc) is 2.26. The first-order valence-electron chi connectivity index (χ1n) is 5.70. The summed E-state index contributed by atoms with van der Waals surface area (Å²) in [5, 5.41) is 10.1. The summed E-state index contributed by atoms with van der Waals surface area (Å²) < 4.78 is 5.06. The summed E-state index contributed by atoms with van der Waals surface area (Å²) in [6.45, 7) is 5.76. The molecule has 0 aliphatic heterocycles. The predicted octanol–water partition coefficient (Wildman–Crippen LogP) is 2.00. The zero-order valence-electron chi connectivity index (χ0n) is 10.9. The van der Waals surface area contributed by atoms with Crippen LogP contribution in [0.4, 0.5) is 4.79 Å². The van der Waals surface area contributed by atoms with Gasteiger partial charge < -0.3 is 10.5 Å². The molecule has 18 heavy (non-hydrogen) atoms. The largest absolute Gasteiger partial charge is 0.444 e. The Morgan fingerprint density at radius 1 is 1.33 bits per heavy atom. The molecule has 0 aliphatic carbocycles. The molecule has 0 aromatic heterocycles. The van der Waals surface area contributed by atoms with Gasteiger partial charge in [0.05, 0.1) is 0 Å². The molecule has 4 N–H and O–H groups in total. The van der Waals surface area contributed by atoms with Crippen molar-refractivity contribution in [3.8, 4) is 0 Å². The van der Waals surface area contributed by atoms with Crippen LogP contribution >= 0.6 is 0 Å². The fraction of sp³-hybridized carbons (Fsp3) is 0.385. The molecule has 0 fully saturated rings. The second-order valence-electron chi connectivity index (χ2n) is 4.90. The van der Waals surface area contributed by atoms with Gasteiger partial charge in [-0.25, -0.2) is 4.79 Å². The van der Waals surface area contributed by atoms with Crippen LogP contribution in [0.2, 0.25) is 0 Å². The number of carbonyl (C=O) groups excluding carboxylic acids is 1. The molecule has 1 aromatic carbocycles.